The van der Waals surface area contributed by atoms with E-state index in [4.69, 9.17) is 4.74 Å². The maximum Gasteiger partial charge on any atom is 0.0590 e. The second-order valence-corrected chi connectivity index (χ2v) is 7.40. The van der Waals surface area contributed by atoms with Crippen LogP contribution in [0.15, 0.2) is 24.3 Å². The second kappa shape index (κ2) is 9.44. The smallest absolute Gasteiger partial charge is 0.0590 e. The van der Waals surface area contributed by atoms with Gasteiger partial charge in [0.05, 0.1) is 6.61 Å². The van der Waals surface area contributed by atoms with Gasteiger partial charge in [-0.25, -0.2) is 0 Å². The van der Waals surface area contributed by atoms with E-state index in [1.54, 1.807) is 5.56 Å². The van der Waals surface area contributed by atoms with Crippen LogP contribution >= 0.6 is 0 Å². The molecule has 23 heavy (non-hydrogen) atoms. The summed E-state index contributed by atoms with van der Waals surface area (Å²) >= 11 is 0. The Morgan fingerprint density at radius 1 is 1.13 bits per heavy atom. The highest BCUT2D eigenvalue weighted by Crippen LogP contribution is 2.46. The molecule has 2 heteroatoms. The molecule has 1 N–H and O–H groups in total. The van der Waals surface area contributed by atoms with Gasteiger partial charge in [-0.1, -0.05) is 49.6 Å². The topological polar surface area (TPSA) is 21.3 Å². The standard InChI is InChI=1S/C21H35NO/c1-4-23-16-15-22-14-11-19(3)17-21(12-5-6-13-21)20-9-7-18(2)8-10-20/h7-10,19,22H,4-6,11-17H2,1-3H3. The first kappa shape index (κ1) is 18.5. The van der Waals surface area contributed by atoms with Crippen molar-refractivity contribution in [2.45, 2.75) is 64.7 Å². The van der Waals surface area contributed by atoms with Crippen LogP contribution in [0.3, 0.4) is 0 Å². The van der Waals surface area contributed by atoms with Crippen molar-refractivity contribution < 1.29 is 4.74 Å². The van der Waals surface area contributed by atoms with Crippen LogP contribution in [-0.2, 0) is 10.2 Å². The third-order valence-corrected chi connectivity index (χ3v) is 5.41. The van der Waals surface area contributed by atoms with Gasteiger partial charge in [-0.3, -0.25) is 0 Å². The van der Waals surface area contributed by atoms with Gasteiger partial charge in [0.2, 0.25) is 0 Å². The third-order valence-electron chi connectivity index (χ3n) is 5.41. The monoisotopic (exact) mass is 317 g/mol. The first-order valence-corrected chi connectivity index (χ1v) is 9.52. The van der Waals surface area contributed by atoms with E-state index in [0.29, 0.717) is 5.41 Å². The zero-order valence-corrected chi connectivity index (χ0v) is 15.4. The number of aryl methyl sites for hydroxylation is 1. The molecule has 0 aliphatic heterocycles. The van der Waals surface area contributed by atoms with Crippen molar-refractivity contribution in [2.24, 2.45) is 5.92 Å². The molecule has 130 valence electrons. The van der Waals surface area contributed by atoms with Crippen molar-refractivity contribution in [3.63, 3.8) is 0 Å². The zero-order chi connectivity index (χ0) is 16.5. The average molecular weight is 318 g/mol. The molecule has 0 radical (unpaired) electrons. The molecule has 0 spiro atoms. The first-order valence-electron chi connectivity index (χ1n) is 9.52. The van der Waals surface area contributed by atoms with Crippen LogP contribution in [0, 0.1) is 12.8 Å². The Balaban J connectivity index is 1.83. The molecule has 2 nitrogen and oxygen atoms in total. The summed E-state index contributed by atoms with van der Waals surface area (Å²) in [5, 5.41) is 3.51. The van der Waals surface area contributed by atoms with Gasteiger partial charge in [-0.05, 0) is 63.0 Å². The van der Waals surface area contributed by atoms with Crippen LogP contribution in [0.1, 0.15) is 63.5 Å². The van der Waals surface area contributed by atoms with Crippen LogP contribution in [0.5, 0.6) is 0 Å². The summed E-state index contributed by atoms with van der Waals surface area (Å²) in [4.78, 5) is 0. The Labute approximate surface area is 143 Å². The van der Waals surface area contributed by atoms with Gasteiger partial charge in [-0.15, -0.1) is 0 Å². The van der Waals surface area contributed by atoms with Gasteiger partial charge in [0.25, 0.3) is 0 Å². The molecule has 0 bridgehead atoms. The number of hydrogen-bond acceptors (Lipinski definition) is 2. The highest BCUT2D eigenvalue weighted by atomic mass is 16.5. The van der Waals surface area contributed by atoms with Crippen molar-refractivity contribution in [2.75, 3.05) is 26.3 Å². The lowest BCUT2D eigenvalue weighted by atomic mass is 9.72. The predicted molar refractivity (Wildman–Crippen MR) is 99.1 cm³/mol. The summed E-state index contributed by atoms with van der Waals surface area (Å²) in [6.07, 6.45) is 8.14. The fourth-order valence-electron chi connectivity index (χ4n) is 4.10. The van der Waals surface area contributed by atoms with Crippen LogP contribution in [-0.4, -0.2) is 26.3 Å². The molecule has 1 unspecified atom stereocenters. The summed E-state index contributed by atoms with van der Waals surface area (Å²) < 4.78 is 5.37. The lowest BCUT2D eigenvalue weighted by Gasteiger charge is -2.33. The largest absolute Gasteiger partial charge is 0.380 e. The van der Waals surface area contributed by atoms with E-state index in [9.17, 15) is 0 Å². The molecule has 2 rings (SSSR count). The van der Waals surface area contributed by atoms with Gasteiger partial charge >= 0.3 is 0 Å². The predicted octanol–water partition coefficient (Wildman–Crippen LogP) is 4.85. The van der Waals surface area contributed by atoms with Gasteiger partial charge < -0.3 is 10.1 Å². The first-order chi connectivity index (χ1) is 11.2. The van der Waals surface area contributed by atoms with Gasteiger partial charge in [0, 0.05) is 13.2 Å². The molecule has 1 aliphatic carbocycles. The Bertz CT molecular complexity index is 434. The zero-order valence-electron chi connectivity index (χ0n) is 15.4. The number of hydrogen-bond donors (Lipinski definition) is 1. The molecule has 0 heterocycles. The highest BCUT2D eigenvalue weighted by Gasteiger charge is 2.36. The Kier molecular flexibility index (Phi) is 7.58. The fourth-order valence-corrected chi connectivity index (χ4v) is 4.10. The van der Waals surface area contributed by atoms with E-state index >= 15 is 0 Å². The van der Waals surface area contributed by atoms with Crippen molar-refractivity contribution >= 4 is 0 Å². The van der Waals surface area contributed by atoms with E-state index in [0.717, 1.165) is 32.2 Å². The Morgan fingerprint density at radius 2 is 1.83 bits per heavy atom. The minimum absolute atomic E-state index is 0.443. The molecular formula is C21H35NO. The third kappa shape index (κ3) is 5.61. The normalized spacial score (nSPS) is 18.2. The van der Waals surface area contributed by atoms with E-state index in [-0.39, 0.29) is 0 Å². The number of benzene rings is 1. The maximum atomic E-state index is 5.37. The molecule has 1 saturated carbocycles. The fraction of sp³-hybridized carbons (Fsp3) is 0.714. The van der Waals surface area contributed by atoms with Crippen molar-refractivity contribution in [3.05, 3.63) is 35.4 Å². The molecule has 0 amide bonds. The van der Waals surface area contributed by atoms with Crippen molar-refractivity contribution in [1.82, 2.24) is 5.32 Å². The van der Waals surface area contributed by atoms with Crippen molar-refractivity contribution in [1.29, 1.82) is 0 Å². The lowest BCUT2D eigenvalue weighted by molar-refractivity contribution is 0.149. The van der Waals surface area contributed by atoms with Crippen LogP contribution < -0.4 is 5.32 Å². The van der Waals surface area contributed by atoms with Gasteiger partial charge in [-0.2, -0.15) is 0 Å². The number of nitrogens with one attached hydrogen (secondary N) is 1. The molecule has 1 aliphatic rings. The van der Waals surface area contributed by atoms with E-state index in [2.05, 4.69) is 43.4 Å². The Hall–Kier alpha value is -0.860. The van der Waals surface area contributed by atoms with Gasteiger partial charge in [0.15, 0.2) is 0 Å². The van der Waals surface area contributed by atoms with Crippen molar-refractivity contribution in [3.8, 4) is 0 Å². The average Bonchev–Trinajstić information content (AvgIpc) is 3.01. The number of ether oxygens (including phenoxy) is 1. The second-order valence-electron chi connectivity index (χ2n) is 7.40. The molecule has 0 aromatic heterocycles. The maximum absolute atomic E-state index is 5.37. The summed E-state index contributed by atoms with van der Waals surface area (Å²) in [7, 11) is 0. The SMILES string of the molecule is CCOCCNCCC(C)CC1(c2ccc(C)cc2)CCCC1. The molecule has 0 saturated heterocycles. The molecule has 1 fully saturated rings. The highest BCUT2D eigenvalue weighted by molar-refractivity contribution is 5.29. The van der Waals surface area contributed by atoms with Crippen LogP contribution in [0.4, 0.5) is 0 Å². The summed E-state index contributed by atoms with van der Waals surface area (Å²) in [6.45, 7) is 10.4. The van der Waals surface area contributed by atoms with E-state index in [1.165, 1.54) is 44.1 Å². The van der Waals surface area contributed by atoms with Gasteiger partial charge in [0.1, 0.15) is 0 Å². The Morgan fingerprint density at radius 3 is 2.48 bits per heavy atom. The minimum Gasteiger partial charge on any atom is -0.380 e. The molecule has 1 aromatic rings. The summed E-state index contributed by atoms with van der Waals surface area (Å²) in [6, 6.07) is 9.34. The summed E-state index contributed by atoms with van der Waals surface area (Å²) in [5.74, 6) is 0.772. The quantitative estimate of drug-likeness (QED) is 0.623. The molecule has 1 aromatic carbocycles. The van der Waals surface area contributed by atoms with Crippen LogP contribution in [0.25, 0.3) is 0 Å². The molecular weight excluding hydrogens is 282 g/mol. The lowest BCUT2D eigenvalue weighted by Crippen LogP contribution is -2.27. The minimum atomic E-state index is 0.443. The van der Waals surface area contributed by atoms with Crippen LogP contribution in [0.2, 0.25) is 0 Å². The summed E-state index contributed by atoms with van der Waals surface area (Å²) in [5.41, 5.74) is 3.39. The van der Waals surface area contributed by atoms with E-state index in [1.807, 2.05) is 6.92 Å². The molecule has 1 atom stereocenters. The van der Waals surface area contributed by atoms with E-state index < -0.39 is 0 Å². The number of rotatable bonds is 10.